The number of benzene rings is 2. The molecule has 1 aliphatic rings. The Morgan fingerprint density at radius 3 is 2.53 bits per heavy atom. The fourth-order valence-corrected chi connectivity index (χ4v) is 4.04. The van der Waals surface area contributed by atoms with Crippen molar-refractivity contribution in [2.75, 3.05) is 5.32 Å². The number of hydrogen-bond acceptors (Lipinski definition) is 4. The molecule has 164 valence electrons. The predicted octanol–water partition coefficient (Wildman–Crippen LogP) is 5.58. The zero-order valence-electron chi connectivity index (χ0n) is 18.2. The molecule has 0 saturated carbocycles. The molecule has 1 aliphatic carbocycles. The van der Waals surface area contributed by atoms with Gasteiger partial charge >= 0.3 is 0 Å². The van der Waals surface area contributed by atoms with Crippen molar-refractivity contribution < 1.29 is 14.0 Å². The molecule has 1 heterocycles. The molecule has 0 saturated heterocycles. The van der Waals surface area contributed by atoms with Crippen LogP contribution in [0.25, 0.3) is 0 Å². The maximum atomic E-state index is 12.9. The van der Waals surface area contributed by atoms with E-state index >= 15 is 0 Å². The molecule has 0 aliphatic heterocycles. The van der Waals surface area contributed by atoms with Gasteiger partial charge in [-0.1, -0.05) is 35.9 Å². The average molecular weight is 450 g/mol. The predicted molar refractivity (Wildman–Crippen MR) is 126 cm³/mol. The topological polar surface area (TPSA) is 83.7 Å². The van der Waals surface area contributed by atoms with Gasteiger partial charge in [0.05, 0.1) is 5.71 Å². The molecule has 6 nitrogen and oxygen atoms in total. The van der Waals surface area contributed by atoms with Crippen LogP contribution in [-0.2, 0) is 6.42 Å². The van der Waals surface area contributed by atoms with Crippen LogP contribution in [-0.4, -0.2) is 17.5 Å². The zero-order valence-corrected chi connectivity index (χ0v) is 19.0. The van der Waals surface area contributed by atoms with E-state index in [1.165, 1.54) is 0 Å². The number of amides is 2. The number of hydrazone groups is 1. The summed E-state index contributed by atoms with van der Waals surface area (Å²) in [5, 5.41) is 7.81. The van der Waals surface area contributed by atoms with Crippen LogP contribution in [0.15, 0.2) is 52.0 Å². The standard InChI is InChI=1S/C25H24ClN3O3/c1-14-7-4-5-8-18(14)24(30)29-28-20-9-6-10-21-22(20)16(3)23(32-21)25(31)27-17-12-11-15(2)19(26)13-17/h4-5,7-8,11-13H,6,9-10H2,1-3H3,(H,27,31)(H,29,30)/b28-20+. The van der Waals surface area contributed by atoms with Crippen LogP contribution in [0.3, 0.4) is 0 Å². The number of carbonyl (C=O) groups is 2. The highest BCUT2D eigenvalue weighted by molar-refractivity contribution is 6.31. The number of furan rings is 1. The molecule has 0 bridgehead atoms. The van der Waals surface area contributed by atoms with Crippen molar-refractivity contribution in [1.82, 2.24) is 5.43 Å². The van der Waals surface area contributed by atoms with Crippen LogP contribution in [0.2, 0.25) is 5.02 Å². The van der Waals surface area contributed by atoms with Crippen molar-refractivity contribution in [3.63, 3.8) is 0 Å². The molecule has 4 rings (SSSR count). The molecule has 2 amide bonds. The van der Waals surface area contributed by atoms with Gasteiger partial charge in [-0.3, -0.25) is 9.59 Å². The van der Waals surface area contributed by atoms with E-state index in [-0.39, 0.29) is 17.6 Å². The van der Waals surface area contributed by atoms with Crippen molar-refractivity contribution >= 4 is 34.8 Å². The smallest absolute Gasteiger partial charge is 0.291 e. The van der Waals surface area contributed by atoms with Gasteiger partial charge in [-0.25, -0.2) is 5.43 Å². The Morgan fingerprint density at radius 2 is 1.78 bits per heavy atom. The Kier molecular flexibility index (Phi) is 6.15. The number of aryl methyl sites for hydroxylation is 3. The number of carbonyl (C=O) groups excluding carboxylic acids is 2. The highest BCUT2D eigenvalue weighted by atomic mass is 35.5. The first-order chi connectivity index (χ1) is 15.3. The molecule has 7 heteroatoms. The van der Waals surface area contributed by atoms with Gasteiger partial charge in [0.1, 0.15) is 5.76 Å². The van der Waals surface area contributed by atoms with E-state index in [1.807, 2.05) is 45.0 Å². The molecular formula is C25H24ClN3O3. The van der Waals surface area contributed by atoms with Crippen molar-refractivity contribution in [3.8, 4) is 0 Å². The van der Waals surface area contributed by atoms with Crippen LogP contribution < -0.4 is 10.7 Å². The lowest BCUT2D eigenvalue weighted by Crippen LogP contribution is -2.22. The molecule has 0 spiro atoms. The minimum Gasteiger partial charge on any atom is -0.455 e. The Balaban J connectivity index is 1.57. The van der Waals surface area contributed by atoms with E-state index in [4.69, 9.17) is 16.0 Å². The number of nitrogens with one attached hydrogen (secondary N) is 2. The van der Waals surface area contributed by atoms with E-state index in [9.17, 15) is 9.59 Å². The third kappa shape index (κ3) is 4.32. The van der Waals surface area contributed by atoms with Gasteiger partial charge in [0.2, 0.25) is 0 Å². The van der Waals surface area contributed by atoms with Gasteiger partial charge in [-0.15, -0.1) is 0 Å². The summed E-state index contributed by atoms with van der Waals surface area (Å²) < 4.78 is 5.93. The summed E-state index contributed by atoms with van der Waals surface area (Å²) in [6.45, 7) is 5.62. The normalized spacial score (nSPS) is 14.2. The lowest BCUT2D eigenvalue weighted by Gasteiger charge is -2.13. The van der Waals surface area contributed by atoms with Crippen molar-refractivity contribution in [2.24, 2.45) is 5.10 Å². The Labute approximate surface area is 191 Å². The monoisotopic (exact) mass is 449 g/mol. The minimum absolute atomic E-state index is 0.242. The lowest BCUT2D eigenvalue weighted by atomic mass is 9.93. The van der Waals surface area contributed by atoms with Crippen LogP contribution in [0, 0.1) is 20.8 Å². The quantitative estimate of drug-likeness (QED) is 0.510. The summed E-state index contributed by atoms with van der Waals surface area (Å²) in [7, 11) is 0. The van der Waals surface area contributed by atoms with E-state index < -0.39 is 0 Å². The SMILES string of the molecule is Cc1ccc(NC(=O)c2oc3c(c2C)/C(=N/NC(=O)c2ccccc2C)CCC3)cc1Cl. The van der Waals surface area contributed by atoms with E-state index in [0.717, 1.165) is 23.1 Å². The summed E-state index contributed by atoms with van der Waals surface area (Å²) in [6.07, 6.45) is 2.23. The van der Waals surface area contributed by atoms with Gasteiger partial charge in [-0.2, -0.15) is 5.10 Å². The minimum atomic E-state index is -0.347. The number of anilines is 1. The van der Waals surface area contributed by atoms with E-state index in [2.05, 4.69) is 15.8 Å². The third-order valence-electron chi connectivity index (χ3n) is 5.64. The summed E-state index contributed by atoms with van der Waals surface area (Å²) >= 11 is 6.17. The summed E-state index contributed by atoms with van der Waals surface area (Å²) in [5.74, 6) is 0.342. The average Bonchev–Trinajstić information content (AvgIpc) is 3.12. The highest BCUT2D eigenvalue weighted by Crippen LogP contribution is 2.30. The first-order valence-electron chi connectivity index (χ1n) is 10.5. The van der Waals surface area contributed by atoms with Gasteiger partial charge in [0.25, 0.3) is 11.8 Å². The fraction of sp³-hybridized carbons (Fsp3) is 0.240. The molecule has 0 fully saturated rings. The van der Waals surface area contributed by atoms with Gasteiger partial charge in [-0.05, 0) is 62.9 Å². The second-order valence-corrected chi connectivity index (χ2v) is 8.35. The molecule has 1 aromatic heterocycles. The fourth-order valence-electron chi connectivity index (χ4n) is 3.86. The molecule has 0 radical (unpaired) electrons. The third-order valence-corrected chi connectivity index (χ3v) is 6.05. The summed E-state index contributed by atoms with van der Waals surface area (Å²) in [4.78, 5) is 25.4. The second kappa shape index (κ2) is 9.01. The number of rotatable bonds is 4. The van der Waals surface area contributed by atoms with Gasteiger partial charge < -0.3 is 9.73 Å². The molecule has 0 atom stereocenters. The van der Waals surface area contributed by atoms with Crippen LogP contribution >= 0.6 is 11.6 Å². The molecular weight excluding hydrogens is 426 g/mol. The number of nitrogens with zero attached hydrogens (tertiary/aromatic N) is 1. The largest absolute Gasteiger partial charge is 0.455 e. The van der Waals surface area contributed by atoms with Crippen LogP contribution in [0.5, 0.6) is 0 Å². The molecule has 32 heavy (non-hydrogen) atoms. The molecule has 2 aromatic carbocycles. The summed E-state index contributed by atoms with van der Waals surface area (Å²) in [5.41, 5.74) is 7.87. The van der Waals surface area contributed by atoms with E-state index in [0.29, 0.717) is 46.2 Å². The second-order valence-electron chi connectivity index (χ2n) is 7.94. The van der Waals surface area contributed by atoms with Crippen molar-refractivity contribution in [1.29, 1.82) is 0 Å². The highest BCUT2D eigenvalue weighted by Gasteiger charge is 2.28. The maximum Gasteiger partial charge on any atom is 0.291 e. The van der Waals surface area contributed by atoms with E-state index in [1.54, 1.807) is 18.2 Å². The first kappa shape index (κ1) is 21.8. The molecule has 2 N–H and O–H groups in total. The molecule has 0 unspecified atom stereocenters. The Morgan fingerprint density at radius 1 is 1.00 bits per heavy atom. The maximum absolute atomic E-state index is 12.9. The first-order valence-corrected chi connectivity index (χ1v) is 10.9. The summed E-state index contributed by atoms with van der Waals surface area (Å²) in [6, 6.07) is 12.7. The zero-order chi connectivity index (χ0) is 22.8. The number of halogens is 1. The number of hydrogen-bond donors (Lipinski definition) is 2. The number of fused-ring (bicyclic) bond motifs is 1. The van der Waals surface area contributed by atoms with Gasteiger partial charge in [0.15, 0.2) is 5.76 Å². The lowest BCUT2D eigenvalue weighted by molar-refractivity contribution is 0.0953. The van der Waals surface area contributed by atoms with Crippen LogP contribution in [0.1, 0.15) is 61.8 Å². The van der Waals surface area contributed by atoms with Crippen molar-refractivity contribution in [3.05, 3.63) is 86.8 Å². The van der Waals surface area contributed by atoms with Crippen molar-refractivity contribution in [2.45, 2.75) is 40.0 Å². The van der Waals surface area contributed by atoms with Gasteiger partial charge in [0, 0.05) is 33.8 Å². The Bertz CT molecular complexity index is 1240. The Hall–Kier alpha value is -3.38. The molecule has 3 aromatic rings. The van der Waals surface area contributed by atoms with Crippen LogP contribution in [0.4, 0.5) is 5.69 Å².